The quantitative estimate of drug-likeness (QED) is 0.738. The molecule has 4 rings (SSSR count). The van der Waals surface area contributed by atoms with Crippen LogP contribution in [0.5, 0.6) is 0 Å². The fraction of sp³-hybridized carbons (Fsp3) is 0.455. The molecule has 1 N–H and O–H groups in total. The van der Waals surface area contributed by atoms with Crippen molar-refractivity contribution < 1.29 is 18.0 Å². The van der Waals surface area contributed by atoms with Crippen LogP contribution in [-0.2, 0) is 19.6 Å². The zero-order valence-electron chi connectivity index (χ0n) is 17.5. The highest BCUT2D eigenvalue weighted by Gasteiger charge is 2.41. The number of carbonyl (C=O) groups excluding carboxylic acids is 2. The van der Waals surface area contributed by atoms with Gasteiger partial charge in [0, 0.05) is 24.2 Å². The van der Waals surface area contributed by atoms with Crippen LogP contribution in [0.15, 0.2) is 41.3 Å². The summed E-state index contributed by atoms with van der Waals surface area (Å²) >= 11 is 5.99. The molecule has 2 amide bonds. The largest absolute Gasteiger partial charge is 0.338 e. The molecule has 3 atom stereocenters. The number of likely N-dealkylation sites (tertiary alicyclic amines) is 2. The molecule has 0 aliphatic carbocycles. The van der Waals surface area contributed by atoms with Gasteiger partial charge in [0.25, 0.3) is 0 Å². The average molecular weight is 464 g/mol. The summed E-state index contributed by atoms with van der Waals surface area (Å²) in [5.74, 6) is -0.432. The molecule has 1 unspecified atom stereocenters. The summed E-state index contributed by atoms with van der Waals surface area (Å²) in [6.45, 7) is 4.78. The predicted octanol–water partition coefficient (Wildman–Crippen LogP) is 2.77. The van der Waals surface area contributed by atoms with Crippen LogP contribution < -0.4 is 4.72 Å². The van der Waals surface area contributed by atoms with E-state index in [-0.39, 0.29) is 22.8 Å². The van der Waals surface area contributed by atoms with Crippen molar-refractivity contribution in [2.45, 2.75) is 56.1 Å². The predicted molar refractivity (Wildman–Crippen MR) is 119 cm³/mol. The van der Waals surface area contributed by atoms with Gasteiger partial charge in [0.2, 0.25) is 21.8 Å². The number of carbonyl (C=O) groups is 2. The molecule has 0 aromatic heterocycles. The van der Waals surface area contributed by atoms with Crippen LogP contribution in [0.2, 0.25) is 5.02 Å². The van der Waals surface area contributed by atoms with Gasteiger partial charge in [-0.05, 0) is 68.1 Å². The summed E-state index contributed by atoms with van der Waals surface area (Å²) in [7, 11) is -3.90. The Bertz CT molecular complexity index is 1140. The average Bonchev–Trinajstić information content (AvgIpc) is 3.32. The van der Waals surface area contributed by atoms with E-state index in [1.807, 2.05) is 11.8 Å². The van der Waals surface area contributed by atoms with Crippen molar-refractivity contribution in [3.05, 3.63) is 41.4 Å². The second kappa shape index (κ2) is 8.41. The molecular weight excluding hydrogens is 438 g/mol. The van der Waals surface area contributed by atoms with E-state index >= 15 is 0 Å². The van der Waals surface area contributed by atoms with Crippen molar-refractivity contribution in [2.24, 2.45) is 0 Å². The van der Waals surface area contributed by atoms with Gasteiger partial charge in [-0.3, -0.25) is 9.59 Å². The number of nitrogens with one attached hydrogen (secondary N) is 1. The maximum Gasteiger partial charge on any atom is 0.245 e. The number of amides is 2. The monoisotopic (exact) mass is 463 g/mol. The maximum atomic E-state index is 12.9. The SMILES string of the molecule is CC1CCCN1C(=O)[C@H](C)N1CC[C@H](NS(=O)(=O)c2ccc3cc(Cl)ccc3c2)C1=O. The fourth-order valence-corrected chi connectivity index (χ4v) is 5.89. The lowest BCUT2D eigenvalue weighted by Gasteiger charge is -2.30. The Kier molecular flexibility index (Phi) is 5.98. The Morgan fingerprint density at radius 2 is 1.84 bits per heavy atom. The highest BCUT2D eigenvalue weighted by Crippen LogP contribution is 2.25. The zero-order chi connectivity index (χ0) is 22.3. The lowest BCUT2D eigenvalue weighted by molar-refractivity contribution is -0.143. The minimum Gasteiger partial charge on any atom is -0.338 e. The molecule has 0 saturated carbocycles. The first-order valence-electron chi connectivity index (χ1n) is 10.5. The van der Waals surface area contributed by atoms with Gasteiger partial charge < -0.3 is 9.80 Å². The first-order chi connectivity index (χ1) is 14.7. The van der Waals surface area contributed by atoms with E-state index in [1.54, 1.807) is 37.3 Å². The van der Waals surface area contributed by atoms with Gasteiger partial charge in [-0.15, -0.1) is 0 Å². The molecule has 0 spiro atoms. The van der Waals surface area contributed by atoms with Gasteiger partial charge in [-0.2, -0.15) is 4.72 Å². The minimum absolute atomic E-state index is 0.0740. The van der Waals surface area contributed by atoms with Crippen molar-refractivity contribution in [2.75, 3.05) is 13.1 Å². The van der Waals surface area contributed by atoms with Crippen molar-refractivity contribution in [3.8, 4) is 0 Å². The van der Waals surface area contributed by atoms with E-state index in [9.17, 15) is 18.0 Å². The number of hydrogen-bond donors (Lipinski definition) is 1. The normalized spacial score (nSPS) is 23.0. The van der Waals surface area contributed by atoms with Crippen molar-refractivity contribution in [3.63, 3.8) is 0 Å². The molecule has 0 bridgehead atoms. The van der Waals surface area contributed by atoms with Crippen LogP contribution in [0.25, 0.3) is 10.8 Å². The Balaban J connectivity index is 1.47. The van der Waals surface area contributed by atoms with Gasteiger partial charge >= 0.3 is 0 Å². The molecule has 2 heterocycles. The second-order valence-electron chi connectivity index (χ2n) is 8.35. The van der Waals surface area contributed by atoms with Crippen LogP contribution in [0.3, 0.4) is 0 Å². The molecular formula is C22H26ClN3O4S. The van der Waals surface area contributed by atoms with Gasteiger partial charge in [-0.1, -0.05) is 23.7 Å². The van der Waals surface area contributed by atoms with Crippen LogP contribution in [0.4, 0.5) is 0 Å². The number of benzene rings is 2. The molecule has 2 aromatic rings. The molecule has 2 aliphatic heterocycles. The Labute approximate surface area is 187 Å². The zero-order valence-corrected chi connectivity index (χ0v) is 19.1. The van der Waals surface area contributed by atoms with E-state index in [1.165, 1.54) is 11.0 Å². The molecule has 7 nitrogen and oxygen atoms in total. The maximum absolute atomic E-state index is 12.9. The van der Waals surface area contributed by atoms with Crippen LogP contribution >= 0.6 is 11.6 Å². The van der Waals surface area contributed by atoms with E-state index in [2.05, 4.69) is 4.72 Å². The van der Waals surface area contributed by atoms with Gasteiger partial charge in [0.15, 0.2) is 0 Å². The summed E-state index contributed by atoms with van der Waals surface area (Å²) in [6, 6.07) is 8.66. The third-order valence-corrected chi connectivity index (χ3v) is 7.99. The van der Waals surface area contributed by atoms with Gasteiger partial charge in [0.05, 0.1) is 4.90 Å². The van der Waals surface area contributed by atoms with Gasteiger partial charge in [0.1, 0.15) is 12.1 Å². The van der Waals surface area contributed by atoms with Crippen molar-refractivity contribution in [1.82, 2.24) is 14.5 Å². The summed E-state index contributed by atoms with van der Waals surface area (Å²) in [6.07, 6.45) is 2.26. The number of rotatable bonds is 5. The van der Waals surface area contributed by atoms with E-state index in [0.717, 1.165) is 23.6 Å². The van der Waals surface area contributed by atoms with E-state index < -0.39 is 22.1 Å². The Morgan fingerprint density at radius 3 is 2.55 bits per heavy atom. The van der Waals surface area contributed by atoms with Crippen molar-refractivity contribution in [1.29, 1.82) is 0 Å². The van der Waals surface area contributed by atoms with Gasteiger partial charge in [-0.25, -0.2) is 8.42 Å². The lowest BCUT2D eigenvalue weighted by Crippen LogP contribution is -2.51. The fourth-order valence-electron chi connectivity index (χ4n) is 4.45. The van der Waals surface area contributed by atoms with E-state index in [0.29, 0.717) is 24.5 Å². The van der Waals surface area contributed by atoms with Crippen LogP contribution in [0, 0.1) is 0 Å². The molecule has 2 aliphatic rings. The van der Waals surface area contributed by atoms with Crippen LogP contribution in [0.1, 0.15) is 33.1 Å². The molecule has 2 saturated heterocycles. The third kappa shape index (κ3) is 4.29. The highest BCUT2D eigenvalue weighted by molar-refractivity contribution is 7.89. The summed E-state index contributed by atoms with van der Waals surface area (Å²) in [5.41, 5.74) is 0. The molecule has 2 fully saturated rings. The Hall–Kier alpha value is -2.16. The molecule has 31 heavy (non-hydrogen) atoms. The lowest BCUT2D eigenvalue weighted by atomic mass is 10.1. The highest BCUT2D eigenvalue weighted by atomic mass is 35.5. The summed E-state index contributed by atoms with van der Waals surface area (Å²) < 4.78 is 28.4. The number of halogens is 1. The number of sulfonamides is 1. The molecule has 9 heteroatoms. The van der Waals surface area contributed by atoms with Crippen molar-refractivity contribution >= 4 is 44.2 Å². The summed E-state index contributed by atoms with van der Waals surface area (Å²) in [4.78, 5) is 29.1. The number of hydrogen-bond acceptors (Lipinski definition) is 4. The van der Waals surface area contributed by atoms with E-state index in [4.69, 9.17) is 11.6 Å². The molecule has 166 valence electrons. The number of nitrogens with zero attached hydrogens (tertiary/aromatic N) is 2. The smallest absolute Gasteiger partial charge is 0.245 e. The first-order valence-corrected chi connectivity index (χ1v) is 12.4. The minimum atomic E-state index is -3.90. The summed E-state index contributed by atoms with van der Waals surface area (Å²) in [5, 5.41) is 2.15. The molecule has 2 aromatic carbocycles. The molecule has 0 radical (unpaired) electrons. The van der Waals surface area contributed by atoms with Crippen LogP contribution in [-0.4, -0.2) is 61.2 Å². The topological polar surface area (TPSA) is 86.8 Å². The standard InChI is InChI=1S/C22H26ClN3O4S/c1-14-4-3-10-25(14)21(27)15(2)26-11-9-20(22(26)28)24-31(29,30)19-8-6-16-12-18(23)7-5-17(16)13-19/h5-8,12-15,20,24H,3-4,9-11H2,1-2H3/t14?,15-,20-/m0/s1. The Morgan fingerprint density at radius 1 is 1.13 bits per heavy atom. The number of fused-ring (bicyclic) bond motifs is 1. The first kappa shape index (κ1) is 22.0. The second-order valence-corrected chi connectivity index (χ2v) is 10.5. The third-order valence-electron chi connectivity index (χ3n) is 6.28.